The summed E-state index contributed by atoms with van der Waals surface area (Å²) in [6, 6.07) is 5.16. The molecule has 1 aliphatic rings. The molecule has 0 aliphatic heterocycles. The molecule has 2 aromatic heterocycles. The predicted octanol–water partition coefficient (Wildman–Crippen LogP) is 2.35. The molecule has 1 aliphatic carbocycles. The molecule has 0 spiro atoms. The summed E-state index contributed by atoms with van der Waals surface area (Å²) in [7, 11) is 1.58. The number of H-pyrrole nitrogens is 1. The minimum absolute atomic E-state index is 0.0341. The summed E-state index contributed by atoms with van der Waals surface area (Å²) in [5.41, 5.74) is 3.32. The van der Waals surface area contributed by atoms with Crippen molar-refractivity contribution in [3.05, 3.63) is 52.6 Å². The third kappa shape index (κ3) is 3.10. The fourth-order valence-corrected chi connectivity index (χ4v) is 3.20. The minimum Gasteiger partial charge on any atom is -0.382 e. The van der Waals surface area contributed by atoms with Gasteiger partial charge in [0.05, 0.1) is 29.5 Å². The van der Waals surface area contributed by atoms with E-state index in [0.717, 1.165) is 29.9 Å². The number of hydrogen-bond acceptors (Lipinski definition) is 4. The van der Waals surface area contributed by atoms with E-state index in [9.17, 15) is 9.59 Å². The number of amides is 1. The number of ketones is 1. The number of nitrogens with one attached hydrogen (secondary N) is 2. The molecule has 0 saturated carbocycles. The van der Waals surface area contributed by atoms with Gasteiger partial charge < -0.3 is 15.0 Å². The van der Waals surface area contributed by atoms with Crippen LogP contribution >= 0.6 is 0 Å². The van der Waals surface area contributed by atoms with Crippen molar-refractivity contribution in [3.63, 3.8) is 0 Å². The zero-order valence-corrected chi connectivity index (χ0v) is 13.9. The first kappa shape index (κ1) is 16.4. The van der Waals surface area contributed by atoms with E-state index < -0.39 is 0 Å². The molecular weight excluding hydrogens is 306 g/mol. The lowest BCUT2D eigenvalue weighted by Crippen LogP contribution is -2.33. The van der Waals surface area contributed by atoms with Crippen LogP contribution in [-0.2, 0) is 11.2 Å². The molecule has 1 amide bonds. The third-order valence-electron chi connectivity index (χ3n) is 4.29. The number of aromatic amines is 1. The van der Waals surface area contributed by atoms with Crippen molar-refractivity contribution in [2.24, 2.45) is 0 Å². The average molecular weight is 327 g/mol. The number of carbonyl (C=O) groups excluding carboxylic acids is 2. The van der Waals surface area contributed by atoms with Gasteiger partial charge >= 0.3 is 0 Å². The molecule has 2 N–H and O–H groups in total. The van der Waals surface area contributed by atoms with Crippen molar-refractivity contribution in [1.82, 2.24) is 15.3 Å². The summed E-state index contributed by atoms with van der Waals surface area (Å²) in [4.78, 5) is 32.6. The number of rotatable bonds is 5. The standard InChI is InChI=1S/C18H21N3O3/c1-11-16(17-13(20-11)7-5-8-15(17)22)18(23)21-14(10-24-2)12-6-3-4-9-19-12/h3-4,6,9,14,20H,5,7-8,10H2,1-2H3,(H,21,23). The molecule has 3 rings (SSSR count). The first-order valence-electron chi connectivity index (χ1n) is 8.07. The van der Waals surface area contributed by atoms with Crippen LogP contribution in [0, 0.1) is 6.92 Å². The first-order chi connectivity index (χ1) is 11.6. The molecule has 24 heavy (non-hydrogen) atoms. The average Bonchev–Trinajstić information content (AvgIpc) is 2.92. The number of pyridine rings is 1. The molecule has 0 bridgehead atoms. The van der Waals surface area contributed by atoms with Crippen LogP contribution in [0.5, 0.6) is 0 Å². The highest BCUT2D eigenvalue weighted by Gasteiger charge is 2.29. The van der Waals surface area contributed by atoms with E-state index >= 15 is 0 Å². The summed E-state index contributed by atoms with van der Waals surface area (Å²) < 4.78 is 5.21. The lowest BCUT2D eigenvalue weighted by atomic mass is 9.93. The minimum atomic E-state index is -0.368. The van der Waals surface area contributed by atoms with E-state index in [-0.39, 0.29) is 17.7 Å². The van der Waals surface area contributed by atoms with Gasteiger partial charge in [0.15, 0.2) is 5.78 Å². The van der Waals surface area contributed by atoms with Crippen LogP contribution in [0.15, 0.2) is 24.4 Å². The number of aromatic nitrogens is 2. The molecule has 1 unspecified atom stereocenters. The molecule has 0 radical (unpaired) electrons. The van der Waals surface area contributed by atoms with Crippen molar-refractivity contribution in [2.75, 3.05) is 13.7 Å². The SMILES string of the molecule is COCC(NC(=O)c1c(C)[nH]c2c1C(=O)CCC2)c1ccccn1. The highest BCUT2D eigenvalue weighted by Crippen LogP contribution is 2.27. The van der Waals surface area contributed by atoms with E-state index in [1.54, 1.807) is 13.3 Å². The van der Waals surface area contributed by atoms with E-state index in [1.807, 2.05) is 25.1 Å². The predicted molar refractivity (Wildman–Crippen MR) is 89.1 cm³/mol. The number of Topliss-reactive ketones (excluding diaryl/α,β-unsaturated/α-hetero) is 1. The Hall–Kier alpha value is -2.47. The number of aryl methyl sites for hydroxylation is 2. The fraction of sp³-hybridized carbons (Fsp3) is 0.389. The Morgan fingerprint density at radius 2 is 2.25 bits per heavy atom. The van der Waals surface area contributed by atoms with Crippen LogP contribution in [0.1, 0.15) is 56.7 Å². The monoisotopic (exact) mass is 327 g/mol. The number of methoxy groups -OCH3 is 1. The smallest absolute Gasteiger partial charge is 0.254 e. The third-order valence-corrected chi connectivity index (χ3v) is 4.29. The van der Waals surface area contributed by atoms with Crippen LogP contribution in [0.25, 0.3) is 0 Å². The van der Waals surface area contributed by atoms with Crippen LogP contribution in [-0.4, -0.2) is 35.4 Å². The molecule has 0 aromatic carbocycles. The zero-order chi connectivity index (χ0) is 17.1. The van der Waals surface area contributed by atoms with Crippen molar-refractivity contribution >= 4 is 11.7 Å². The van der Waals surface area contributed by atoms with Crippen LogP contribution in [0.2, 0.25) is 0 Å². The Morgan fingerprint density at radius 3 is 2.96 bits per heavy atom. The van der Waals surface area contributed by atoms with Gasteiger partial charge in [-0.1, -0.05) is 6.07 Å². The van der Waals surface area contributed by atoms with Crippen LogP contribution < -0.4 is 5.32 Å². The second-order valence-electron chi connectivity index (χ2n) is 5.99. The summed E-state index contributed by atoms with van der Waals surface area (Å²) in [5, 5.41) is 2.95. The van der Waals surface area contributed by atoms with E-state index in [4.69, 9.17) is 4.74 Å². The Kier molecular flexibility index (Phi) is 4.76. The molecule has 6 nitrogen and oxygen atoms in total. The Balaban J connectivity index is 1.89. The lowest BCUT2D eigenvalue weighted by Gasteiger charge is -2.18. The molecule has 126 valence electrons. The topological polar surface area (TPSA) is 84.1 Å². The number of carbonyl (C=O) groups is 2. The van der Waals surface area contributed by atoms with Gasteiger partial charge in [-0.2, -0.15) is 0 Å². The van der Waals surface area contributed by atoms with Gasteiger partial charge in [0.1, 0.15) is 0 Å². The Morgan fingerprint density at radius 1 is 1.42 bits per heavy atom. The second kappa shape index (κ2) is 6.97. The highest BCUT2D eigenvalue weighted by molar-refractivity contribution is 6.10. The van der Waals surface area contributed by atoms with Gasteiger partial charge in [0, 0.05) is 31.1 Å². The molecular formula is C18H21N3O3. The van der Waals surface area contributed by atoms with Gasteiger partial charge in [0.25, 0.3) is 5.91 Å². The fourth-order valence-electron chi connectivity index (χ4n) is 3.20. The normalized spacial score (nSPS) is 15.0. The molecule has 0 fully saturated rings. The van der Waals surface area contributed by atoms with Gasteiger partial charge in [0.2, 0.25) is 0 Å². The second-order valence-corrected chi connectivity index (χ2v) is 5.99. The summed E-state index contributed by atoms with van der Waals surface area (Å²) in [6.45, 7) is 2.13. The van der Waals surface area contributed by atoms with E-state index in [0.29, 0.717) is 24.2 Å². The van der Waals surface area contributed by atoms with E-state index in [2.05, 4.69) is 15.3 Å². The summed E-state index contributed by atoms with van der Waals surface area (Å²) in [6.07, 6.45) is 3.80. The number of ether oxygens (including phenoxy) is 1. The molecule has 2 heterocycles. The largest absolute Gasteiger partial charge is 0.382 e. The highest BCUT2D eigenvalue weighted by atomic mass is 16.5. The molecule has 1 atom stereocenters. The maximum atomic E-state index is 12.8. The molecule has 0 saturated heterocycles. The summed E-state index contributed by atoms with van der Waals surface area (Å²) in [5.74, 6) is -0.236. The maximum Gasteiger partial charge on any atom is 0.254 e. The Labute approximate surface area is 140 Å². The molecule has 6 heteroatoms. The first-order valence-corrected chi connectivity index (χ1v) is 8.07. The lowest BCUT2D eigenvalue weighted by molar-refractivity contribution is 0.0881. The van der Waals surface area contributed by atoms with Crippen molar-refractivity contribution in [3.8, 4) is 0 Å². The van der Waals surface area contributed by atoms with Crippen LogP contribution in [0.3, 0.4) is 0 Å². The maximum absolute atomic E-state index is 12.8. The van der Waals surface area contributed by atoms with Gasteiger partial charge in [-0.25, -0.2) is 0 Å². The van der Waals surface area contributed by atoms with Gasteiger partial charge in [-0.05, 0) is 31.9 Å². The van der Waals surface area contributed by atoms with Crippen molar-refractivity contribution < 1.29 is 14.3 Å². The Bertz CT molecular complexity index is 752. The molecule has 2 aromatic rings. The quantitative estimate of drug-likeness (QED) is 0.883. The number of hydrogen-bond donors (Lipinski definition) is 2. The van der Waals surface area contributed by atoms with Crippen molar-refractivity contribution in [2.45, 2.75) is 32.2 Å². The summed E-state index contributed by atoms with van der Waals surface area (Å²) >= 11 is 0. The zero-order valence-electron chi connectivity index (χ0n) is 13.9. The van der Waals surface area contributed by atoms with Crippen LogP contribution in [0.4, 0.5) is 0 Å². The van der Waals surface area contributed by atoms with Crippen molar-refractivity contribution in [1.29, 1.82) is 0 Å². The number of fused-ring (bicyclic) bond motifs is 1. The van der Waals surface area contributed by atoms with Gasteiger partial charge in [-0.3, -0.25) is 14.6 Å². The van der Waals surface area contributed by atoms with Gasteiger partial charge in [-0.15, -0.1) is 0 Å². The van der Waals surface area contributed by atoms with E-state index in [1.165, 1.54) is 0 Å². The number of nitrogens with zero attached hydrogens (tertiary/aromatic N) is 1.